The van der Waals surface area contributed by atoms with E-state index in [2.05, 4.69) is 37.4 Å². The summed E-state index contributed by atoms with van der Waals surface area (Å²) in [6.45, 7) is 4.12. The van der Waals surface area contributed by atoms with E-state index in [4.69, 9.17) is 0 Å². The number of halogens is 1. The summed E-state index contributed by atoms with van der Waals surface area (Å²) in [6.07, 6.45) is 0. The van der Waals surface area contributed by atoms with Gasteiger partial charge in [-0.2, -0.15) is 4.68 Å². The van der Waals surface area contributed by atoms with E-state index in [1.54, 1.807) is 0 Å². The largest absolute Gasteiger partial charge is 1.00 e. The van der Waals surface area contributed by atoms with Crippen LogP contribution in [0.3, 0.4) is 0 Å². The number of hydrogen-bond acceptors (Lipinski definition) is 2. The second-order valence-electron chi connectivity index (χ2n) is 4.47. The van der Waals surface area contributed by atoms with Crippen molar-refractivity contribution in [3.8, 4) is 0 Å². The van der Waals surface area contributed by atoms with E-state index in [1.165, 1.54) is 0 Å². The first-order chi connectivity index (χ1) is 7.12. The first-order valence-electron chi connectivity index (χ1n) is 5.22. The van der Waals surface area contributed by atoms with E-state index in [1.807, 2.05) is 22.9 Å². The SMILES string of the molecule is CC[N+](C)(C)Cn1nnc2ccccc21.[Cl-]. The van der Waals surface area contributed by atoms with Gasteiger partial charge in [-0.25, -0.2) is 0 Å². The summed E-state index contributed by atoms with van der Waals surface area (Å²) in [7, 11) is 4.38. The van der Waals surface area contributed by atoms with E-state index in [0.717, 1.165) is 28.7 Å². The molecule has 2 aromatic rings. The van der Waals surface area contributed by atoms with E-state index in [0.29, 0.717) is 0 Å². The minimum Gasteiger partial charge on any atom is -1.00 e. The molecule has 0 fully saturated rings. The molecule has 0 bridgehead atoms. The fourth-order valence-corrected chi connectivity index (χ4v) is 1.48. The number of nitrogens with zero attached hydrogens (tertiary/aromatic N) is 4. The molecule has 1 aromatic carbocycles. The molecule has 1 aromatic heterocycles. The Bertz CT molecular complexity index is 464. The van der Waals surface area contributed by atoms with Gasteiger partial charge in [0, 0.05) is 0 Å². The molecule has 16 heavy (non-hydrogen) atoms. The van der Waals surface area contributed by atoms with Gasteiger partial charge in [0.1, 0.15) is 5.52 Å². The Morgan fingerprint density at radius 3 is 2.62 bits per heavy atom. The number of rotatable bonds is 3. The Kier molecular flexibility index (Phi) is 3.88. The van der Waals surface area contributed by atoms with Crippen molar-refractivity contribution in [1.82, 2.24) is 15.0 Å². The van der Waals surface area contributed by atoms with Gasteiger partial charge >= 0.3 is 0 Å². The zero-order valence-corrected chi connectivity index (χ0v) is 10.6. The third-order valence-corrected chi connectivity index (χ3v) is 2.79. The summed E-state index contributed by atoms with van der Waals surface area (Å²) in [5.41, 5.74) is 2.07. The Balaban J connectivity index is 0.00000128. The zero-order chi connectivity index (χ0) is 10.9. The minimum atomic E-state index is 0. The third kappa shape index (κ3) is 2.51. The molecule has 2 rings (SSSR count). The van der Waals surface area contributed by atoms with Gasteiger partial charge in [0.05, 0.1) is 26.2 Å². The van der Waals surface area contributed by atoms with Crippen LogP contribution in [0.2, 0.25) is 0 Å². The maximum absolute atomic E-state index is 4.18. The average molecular weight is 241 g/mol. The van der Waals surface area contributed by atoms with E-state index < -0.39 is 0 Å². The molecule has 0 N–H and O–H groups in total. The highest BCUT2D eigenvalue weighted by Gasteiger charge is 2.15. The maximum atomic E-state index is 4.18. The predicted octanol–water partition coefficient (Wildman–Crippen LogP) is -1.51. The normalized spacial score (nSPS) is 11.4. The van der Waals surface area contributed by atoms with Gasteiger partial charge in [-0.05, 0) is 19.1 Å². The van der Waals surface area contributed by atoms with Gasteiger partial charge < -0.3 is 16.9 Å². The van der Waals surface area contributed by atoms with Crippen LogP contribution in [0.4, 0.5) is 0 Å². The second kappa shape index (κ2) is 4.80. The fraction of sp³-hybridized carbons (Fsp3) is 0.455. The third-order valence-electron chi connectivity index (χ3n) is 2.79. The molecule has 0 spiro atoms. The van der Waals surface area contributed by atoms with Gasteiger partial charge in [-0.1, -0.05) is 17.3 Å². The molecule has 0 amide bonds. The van der Waals surface area contributed by atoms with Crippen molar-refractivity contribution < 1.29 is 16.9 Å². The molecule has 1 heterocycles. The number of aromatic nitrogens is 3. The van der Waals surface area contributed by atoms with Crippen LogP contribution in [0, 0.1) is 0 Å². The number of benzene rings is 1. The lowest BCUT2D eigenvalue weighted by atomic mass is 10.3. The van der Waals surface area contributed by atoms with Crippen molar-refractivity contribution in [3.05, 3.63) is 24.3 Å². The Hall–Kier alpha value is -1.13. The molecule has 88 valence electrons. The molecule has 0 unspecified atom stereocenters. The summed E-state index contributed by atoms with van der Waals surface area (Å²) in [5, 5.41) is 8.32. The molecular formula is C11H17ClN4. The van der Waals surface area contributed by atoms with E-state index in [9.17, 15) is 0 Å². The maximum Gasteiger partial charge on any atom is 0.176 e. The number of para-hydroxylation sites is 1. The molecule has 0 aliphatic carbocycles. The van der Waals surface area contributed by atoms with E-state index >= 15 is 0 Å². The highest BCUT2D eigenvalue weighted by molar-refractivity contribution is 5.73. The predicted molar refractivity (Wildman–Crippen MR) is 60.2 cm³/mol. The summed E-state index contributed by atoms with van der Waals surface area (Å²) in [4.78, 5) is 0. The van der Waals surface area contributed by atoms with Crippen LogP contribution in [0.15, 0.2) is 24.3 Å². The van der Waals surface area contributed by atoms with Crippen molar-refractivity contribution >= 4 is 11.0 Å². The molecule has 0 aliphatic rings. The lowest BCUT2D eigenvalue weighted by Crippen LogP contribution is -3.00. The van der Waals surface area contributed by atoms with E-state index in [-0.39, 0.29) is 12.4 Å². The summed E-state index contributed by atoms with van der Waals surface area (Å²) < 4.78 is 2.88. The van der Waals surface area contributed by atoms with Crippen LogP contribution < -0.4 is 12.4 Å². The van der Waals surface area contributed by atoms with Gasteiger partial charge in [0.15, 0.2) is 6.67 Å². The first kappa shape index (κ1) is 12.9. The van der Waals surface area contributed by atoms with Crippen molar-refractivity contribution in [2.24, 2.45) is 0 Å². The van der Waals surface area contributed by atoms with Crippen LogP contribution in [0.5, 0.6) is 0 Å². The molecule has 0 atom stereocenters. The minimum absolute atomic E-state index is 0. The molecule has 5 heteroatoms. The first-order valence-corrected chi connectivity index (χ1v) is 5.22. The van der Waals surface area contributed by atoms with Crippen molar-refractivity contribution in [2.45, 2.75) is 13.6 Å². The summed E-state index contributed by atoms with van der Waals surface area (Å²) >= 11 is 0. The average Bonchev–Trinajstić information content (AvgIpc) is 2.62. The van der Waals surface area contributed by atoms with Crippen LogP contribution in [-0.4, -0.2) is 40.1 Å². The number of hydrogen-bond donors (Lipinski definition) is 0. The monoisotopic (exact) mass is 240 g/mol. The van der Waals surface area contributed by atoms with Gasteiger partial charge in [-0.15, -0.1) is 5.10 Å². The zero-order valence-electron chi connectivity index (χ0n) is 9.89. The lowest BCUT2D eigenvalue weighted by molar-refractivity contribution is -0.911. The fourth-order valence-electron chi connectivity index (χ4n) is 1.48. The number of quaternary nitrogens is 1. The van der Waals surface area contributed by atoms with Gasteiger partial charge in [-0.3, -0.25) is 0 Å². The van der Waals surface area contributed by atoms with Gasteiger partial charge in [0.25, 0.3) is 0 Å². The van der Waals surface area contributed by atoms with Crippen LogP contribution in [0.25, 0.3) is 11.0 Å². The Labute approximate surface area is 102 Å². The van der Waals surface area contributed by atoms with Crippen LogP contribution in [-0.2, 0) is 6.67 Å². The second-order valence-corrected chi connectivity index (χ2v) is 4.47. The molecular weight excluding hydrogens is 224 g/mol. The highest BCUT2D eigenvalue weighted by Crippen LogP contribution is 2.11. The highest BCUT2D eigenvalue weighted by atomic mass is 35.5. The Morgan fingerprint density at radius 2 is 1.94 bits per heavy atom. The summed E-state index contributed by atoms with van der Waals surface area (Å²) in [5.74, 6) is 0. The number of fused-ring (bicyclic) bond motifs is 1. The van der Waals surface area contributed by atoms with Gasteiger partial charge in [0.2, 0.25) is 0 Å². The van der Waals surface area contributed by atoms with Crippen LogP contribution in [0.1, 0.15) is 6.92 Å². The van der Waals surface area contributed by atoms with Crippen molar-refractivity contribution in [2.75, 3.05) is 20.6 Å². The van der Waals surface area contributed by atoms with Crippen LogP contribution >= 0.6 is 0 Å². The van der Waals surface area contributed by atoms with Crippen molar-refractivity contribution in [3.63, 3.8) is 0 Å². The quantitative estimate of drug-likeness (QED) is 0.611. The molecule has 0 aliphatic heterocycles. The molecule has 0 saturated carbocycles. The smallest absolute Gasteiger partial charge is 0.176 e. The van der Waals surface area contributed by atoms with Crippen molar-refractivity contribution in [1.29, 1.82) is 0 Å². The summed E-state index contributed by atoms with van der Waals surface area (Å²) in [6, 6.07) is 8.06. The molecule has 0 saturated heterocycles. The Morgan fingerprint density at radius 1 is 1.25 bits per heavy atom. The lowest BCUT2D eigenvalue weighted by Gasteiger charge is -2.27. The standard InChI is InChI=1S/C11H17N4.ClH/c1-4-15(2,3)9-14-11-8-6-5-7-10(11)12-13-14;/h5-8H,4,9H2,1-3H3;1H/q+1;/p-1. The molecule has 4 nitrogen and oxygen atoms in total. The molecule has 0 radical (unpaired) electrons. The topological polar surface area (TPSA) is 30.7 Å².